The van der Waals surface area contributed by atoms with Gasteiger partial charge in [0.25, 0.3) is 5.91 Å². The average molecular weight is 491 g/mol. The number of anilines is 2. The van der Waals surface area contributed by atoms with E-state index in [0.717, 1.165) is 16.3 Å². The highest BCUT2D eigenvalue weighted by Gasteiger charge is 2.13. The molecule has 2 heterocycles. The first kappa shape index (κ1) is 21.7. The number of benzene rings is 1. The third-order valence-electron chi connectivity index (χ3n) is 3.00. The summed E-state index contributed by atoms with van der Waals surface area (Å²) in [6, 6.07) is 4.70. The molecular weight excluding hydrogens is 479 g/mol. The predicted octanol–water partition coefficient (Wildman–Crippen LogP) is 3.75. The van der Waals surface area contributed by atoms with E-state index in [9.17, 15) is 9.59 Å². The predicted molar refractivity (Wildman–Crippen MR) is 114 cm³/mol. The number of thioether (sulfide) groups is 1. The van der Waals surface area contributed by atoms with E-state index in [1.54, 1.807) is 19.1 Å². The number of hydrogen-bond acceptors (Lipinski definition) is 10. The summed E-state index contributed by atoms with van der Waals surface area (Å²) in [7, 11) is 0. The van der Waals surface area contributed by atoms with E-state index in [0.29, 0.717) is 30.4 Å². The van der Waals surface area contributed by atoms with Crippen molar-refractivity contribution in [2.75, 3.05) is 23.0 Å². The number of nitrogens with zero attached hydrogens (tertiary/aromatic N) is 4. The van der Waals surface area contributed by atoms with Gasteiger partial charge in [0.05, 0.1) is 10.8 Å². The van der Waals surface area contributed by atoms with Crippen molar-refractivity contribution in [2.24, 2.45) is 0 Å². The molecule has 0 bridgehead atoms. The Morgan fingerprint density at radius 3 is 2.52 bits per heavy atom. The van der Waals surface area contributed by atoms with Crippen LogP contribution in [0, 0.1) is 6.92 Å². The molecule has 0 aliphatic rings. The van der Waals surface area contributed by atoms with Gasteiger partial charge in [-0.15, -0.1) is 20.4 Å². The van der Waals surface area contributed by atoms with Crippen molar-refractivity contribution in [1.82, 2.24) is 20.4 Å². The molecule has 1 aromatic carbocycles. The van der Waals surface area contributed by atoms with Crippen molar-refractivity contribution >= 4 is 79.7 Å². The van der Waals surface area contributed by atoms with Gasteiger partial charge in [-0.25, -0.2) is 0 Å². The van der Waals surface area contributed by atoms with Gasteiger partial charge in [-0.1, -0.05) is 57.6 Å². The Balaban J connectivity index is 1.43. The molecule has 14 heteroatoms. The molecule has 2 N–H and O–H groups in total. The molecule has 9 nitrogen and oxygen atoms in total. The van der Waals surface area contributed by atoms with E-state index in [-0.39, 0.29) is 18.3 Å². The first-order chi connectivity index (χ1) is 13.9. The molecule has 3 aromatic rings. The van der Waals surface area contributed by atoms with E-state index in [1.807, 2.05) is 0 Å². The van der Waals surface area contributed by atoms with Crippen molar-refractivity contribution < 1.29 is 14.3 Å². The molecule has 152 valence electrons. The van der Waals surface area contributed by atoms with E-state index < -0.39 is 5.91 Å². The Morgan fingerprint density at radius 2 is 1.79 bits per heavy atom. The third-order valence-corrected chi connectivity index (χ3v) is 6.26. The first-order valence-electron chi connectivity index (χ1n) is 7.83. The SMILES string of the molecule is Cc1nnc(NC(=O)CSc2nnc(NC(=O)COc3ccc(Cl)cc3Cl)s2)s1. The molecule has 0 spiro atoms. The Labute approximate surface area is 187 Å². The second kappa shape index (κ2) is 10.2. The van der Waals surface area contributed by atoms with Gasteiger partial charge in [-0.3, -0.25) is 20.2 Å². The van der Waals surface area contributed by atoms with Crippen LogP contribution in [-0.4, -0.2) is 44.6 Å². The molecule has 29 heavy (non-hydrogen) atoms. The Bertz CT molecular complexity index is 1030. The van der Waals surface area contributed by atoms with E-state index >= 15 is 0 Å². The maximum Gasteiger partial charge on any atom is 0.264 e. The summed E-state index contributed by atoms with van der Waals surface area (Å²) < 4.78 is 5.89. The number of aromatic nitrogens is 4. The zero-order chi connectivity index (χ0) is 20.8. The monoisotopic (exact) mass is 490 g/mol. The van der Waals surface area contributed by atoms with Crippen LogP contribution in [0.2, 0.25) is 10.0 Å². The number of carbonyl (C=O) groups excluding carboxylic acids is 2. The van der Waals surface area contributed by atoms with Crippen LogP contribution >= 0.6 is 57.6 Å². The molecule has 0 aliphatic carbocycles. The van der Waals surface area contributed by atoms with E-state index in [1.165, 1.54) is 29.2 Å². The maximum absolute atomic E-state index is 12.0. The van der Waals surface area contributed by atoms with Crippen LogP contribution in [0.15, 0.2) is 22.5 Å². The molecule has 2 aromatic heterocycles. The molecule has 0 saturated heterocycles. The van der Waals surface area contributed by atoms with Crippen LogP contribution in [0.1, 0.15) is 5.01 Å². The zero-order valence-electron chi connectivity index (χ0n) is 14.6. The lowest BCUT2D eigenvalue weighted by Crippen LogP contribution is -2.20. The average Bonchev–Trinajstić information content (AvgIpc) is 3.28. The van der Waals surface area contributed by atoms with Crippen molar-refractivity contribution in [3.8, 4) is 5.75 Å². The highest BCUT2D eigenvalue weighted by Crippen LogP contribution is 2.28. The summed E-state index contributed by atoms with van der Waals surface area (Å²) in [5.41, 5.74) is 0. The first-order valence-corrected chi connectivity index (χ1v) is 11.2. The minimum Gasteiger partial charge on any atom is -0.482 e. The Kier molecular flexibility index (Phi) is 7.61. The molecule has 0 radical (unpaired) electrons. The van der Waals surface area contributed by atoms with Gasteiger partial charge in [0.15, 0.2) is 10.9 Å². The summed E-state index contributed by atoms with van der Waals surface area (Å²) in [5.74, 6) is -0.191. The van der Waals surface area contributed by atoms with Crippen LogP contribution < -0.4 is 15.4 Å². The third kappa shape index (κ3) is 6.78. The van der Waals surface area contributed by atoms with Crippen LogP contribution in [0.3, 0.4) is 0 Å². The topological polar surface area (TPSA) is 119 Å². The normalized spacial score (nSPS) is 10.6. The zero-order valence-corrected chi connectivity index (χ0v) is 18.6. The summed E-state index contributed by atoms with van der Waals surface area (Å²) in [6.07, 6.45) is 0. The number of nitrogens with one attached hydrogen (secondary N) is 2. The number of hydrogen-bond donors (Lipinski definition) is 2. The van der Waals surface area contributed by atoms with Crippen molar-refractivity contribution in [3.05, 3.63) is 33.3 Å². The molecule has 0 saturated carbocycles. The summed E-state index contributed by atoms with van der Waals surface area (Å²) in [4.78, 5) is 23.9. The van der Waals surface area contributed by atoms with Crippen molar-refractivity contribution in [2.45, 2.75) is 11.3 Å². The van der Waals surface area contributed by atoms with Crippen LogP contribution in [0.4, 0.5) is 10.3 Å². The van der Waals surface area contributed by atoms with Gasteiger partial charge < -0.3 is 4.74 Å². The van der Waals surface area contributed by atoms with E-state index in [2.05, 4.69) is 31.0 Å². The summed E-state index contributed by atoms with van der Waals surface area (Å²) >= 11 is 15.4. The fraction of sp³-hybridized carbons (Fsp3) is 0.200. The lowest BCUT2D eigenvalue weighted by atomic mass is 10.3. The Hall–Kier alpha value is -1.99. The molecular formula is C15H12Cl2N6O3S3. The smallest absolute Gasteiger partial charge is 0.264 e. The lowest BCUT2D eigenvalue weighted by Gasteiger charge is -2.07. The second-order valence-electron chi connectivity index (χ2n) is 5.25. The fourth-order valence-corrected chi connectivity index (χ4v) is 4.48. The molecule has 0 aliphatic heterocycles. The minimum atomic E-state index is -0.423. The summed E-state index contributed by atoms with van der Waals surface area (Å²) in [5, 5.41) is 23.0. The quantitative estimate of drug-likeness (QED) is 0.361. The highest BCUT2D eigenvalue weighted by molar-refractivity contribution is 8.01. The number of ether oxygens (including phenoxy) is 1. The Morgan fingerprint density at radius 1 is 1.07 bits per heavy atom. The number of rotatable bonds is 8. The van der Waals surface area contributed by atoms with Gasteiger partial charge in [-0.05, 0) is 25.1 Å². The molecule has 0 atom stereocenters. The number of aryl methyl sites for hydroxylation is 1. The van der Waals surface area contributed by atoms with E-state index in [4.69, 9.17) is 27.9 Å². The number of amides is 2. The molecule has 3 rings (SSSR count). The maximum atomic E-state index is 12.0. The molecule has 2 amide bonds. The second-order valence-corrected chi connectivity index (χ2v) is 9.47. The van der Waals surface area contributed by atoms with Crippen molar-refractivity contribution in [3.63, 3.8) is 0 Å². The number of carbonyl (C=O) groups is 2. The minimum absolute atomic E-state index is 0.124. The van der Waals surface area contributed by atoms with Gasteiger partial charge in [0, 0.05) is 5.02 Å². The largest absolute Gasteiger partial charge is 0.482 e. The van der Waals surface area contributed by atoms with Gasteiger partial charge in [0.2, 0.25) is 16.2 Å². The van der Waals surface area contributed by atoms with Crippen LogP contribution in [0.25, 0.3) is 0 Å². The summed E-state index contributed by atoms with van der Waals surface area (Å²) in [6.45, 7) is 1.54. The van der Waals surface area contributed by atoms with Gasteiger partial charge >= 0.3 is 0 Å². The highest BCUT2D eigenvalue weighted by atomic mass is 35.5. The molecule has 0 fully saturated rings. The van der Waals surface area contributed by atoms with Gasteiger partial charge in [0.1, 0.15) is 10.8 Å². The van der Waals surface area contributed by atoms with Gasteiger partial charge in [-0.2, -0.15) is 0 Å². The van der Waals surface area contributed by atoms with Crippen LogP contribution in [-0.2, 0) is 9.59 Å². The van der Waals surface area contributed by atoms with Crippen molar-refractivity contribution in [1.29, 1.82) is 0 Å². The van der Waals surface area contributed by atoms with Crippen LogP contribution in [0.5, 0.6) is 5.75 Å². The standard InChI is InChI=1S/C15H12Cl2N6O3S3/c1-7-20-21-13(28-7)19-12(25)6-27-15-23-22-14(29-15)18-11(24)5-26-10-3-2-8(16)4-9(10)17/h2-4H,5-6H2,1H3,(H,18,22,24)(H,19,21,25). The number of halogens is 2. The lowest BCUT2D eigenvalue weighted by molar-refractivity contribution is -0.118. The fourth-order valence-electron chi connectivity index (χ4n) is 1.84. The molecule has 0 unspecified atom stereocenters.